The Hall–Kier alpha value is -1.42. The van der Waals surface area contributed by atoms with Crippen LogP contribution in [0.25, 0.3) is 0 Å². The maximum absolute atomic E-state index is 9.72. The molecule has 1 aliphatic rings. The minimum absolute atomic E-state index is 0.0384. The van der Waals surface area contributed by atoms with Gasteiger partial charge in [-0.1, -0.05) is 79.7 Å². The van der Waals surface area contributed by atoms with Crippen LogP contribution in [0.1, 0.15) is 30.9 Å². The van der Waals surface area contributed by atoms with Gasteiger partial charge in [-0.25, -0.2) is 0 Å². The van der Waals surface area contributed by atoms with Gasteiger partial charge in [-0.15, -0.1) is 37.9 Å². The molecule has 1 fully saturated rings. The van der Waals surface area contributed by atoms with Crippen molar-refractivity contribution in [2.75, 3.05) is 6.61 Å². The first-order chi connectivity index (χ1) is 22.2. The number of rotatable bonds is 13. The molecule has 0 aromatic heterocycles. The molecule has 0 aliphatic heterocycles. The van der Waals surface area contributed by atoms with Crippen LogP contribution in [0.3, 0.4) is 0 Å². The fourth-order valence-electron chi connectivity index (χ4n) is 6.49. The van der Waals surface area contributed by atoms with Crippen molar-refractivity contribution in [2.24, 2.45) is 17.8 Å². The standard InChI is InChI=1S/C34H38O6P2S4/c1-23(33(46)40-41(35)36)27-21-20-24(22-37-42(38-25-12-4-2-5-13-25)39-26-14-6-3-7-15-26)32(45)34(27,28-16-8-10-18-30(28)43)29-17-9-11-19-31(29)44/h2-19,23-24,27,32-33,35-36,43-46H,20-22H2,1H3. The normalized spacial score (nSPS) is 20.8. The van der Waals surface area contributed by atoms with Crippen molar-refractivity contribution < 1.29 is 27.9 Å². The van der Waals surface area contributed by atoms with E-state index in [1.165, 1.54) is 0 Å². The molecule has 5 rings (SSSR count). The van der Waals surface area contributed by atoms with E-state index in [2.05, 4.69) is 12.1 Å². The molecule has 1 saturated carbocycles. The second-order valence-electron chi connectivity index (χ2n) is 11.2. The number of thiol groups is 4. The van der Waals surface area contributed by atoms with Gasteiger partial charge in [-0.2, -0.15) is 12.6 Å². The molecule has 0 saturated heterocycles. The molecule has 2 N–H and O–H groups in total. The molecule has 12 heteroatoms. The second kappa shape index (κ2) is 16.8. The first-order valence-corrected chi connectivity index (χ1v) is 19.1. The van der Waals surface area contributed by atoms with Gasteiger partial charge in [0.05, 0.1) is 6.61 Å². The predicted octanol–water partition coefficient (Wildman–Crippen LogP) is 9.40. The van der Waals surface area contributed by atoms with Crippen molar-refractivity contribution in [1.82, 2.24) is 0 Å². The minimum atomic E-state index is -2.59. The van der Waals surface area contributed by atoms with E-state index in [0.29, 0.717) is 18.1 Å². The summed E-state index contributed by atoms with van der Waals surface area (Å²) in [6, 6.07) is 35.1. The summed E-state index contributed by atoms with van der Waals surface area (Å²) in [4.78, 5) is 21.1. The molecule has 46 heavy (non-hydrogen) atoms. The third-order valence-corrected chi connectivity index (χ3v) is 12.4. The fraction of sp³-hybridized carbons (Fsp3) is 0.294. The lowest BCUT2D eigenvalue weighted by molar-refractivity contribution is 0.0629. The summed E-state index contributed by atoms with van der Waals surface area (Å²) >= 11 is 20.1. The minimum Gasteiger partial charge on any atom is -0.418 e. The van der Waals surface area contributed by atoms with E-state index in [-0.39, 0.29) is 23.0 Å². The van der Waals surface area contributed by atoms with E-state index in [4.69, 9.17) is 68.6 Å². The smallest absolute Gasteiger partial charge is 0.418 e. The Kier molecular flexibility index (Phi) is 13.1. The quantitative estimate of drug-likeness (QED) is 0.0468. The molecule has 1 aliphatic carbocycles. The number of para-hydroxylation sites is 2. The molecule has 4 aromatic carbocycles. The van der Waals surface area contributed by atoms with Crippen LogP contribution in [0, 0.1) is 17.8 Å². The van der Waals surface area contributed by atoms with Gasteiger partial charge >= 0.3 is 17.2 Å². The third-order valence-electron chi connectivity index (χ3n) is 8.57. The highest BCUT2D eigenvalue weighted by molar-refractivity contribution is 7.81. The maximum Gasteiger partial charge on any atom is 0.463 e. The molecule has 5 unspecified atom stereocenters. The van der Waals surface area contributed by atoms with Gasteiger partial charge in [0, 0.05) is 20.5 Å². The highest BCUT2D eigenvalue weighted by atomic mass is 32.1. The Labute approximate surface area is 295 Å². The zero-order valence-electron chi connectivity index (χ0n) is 25.1. The van der Waals surface area contributed by atoms with Crippen molar-refractivity contribution >= 4 is 67.7 Å². The van der Waals surface area contributed by atoms with Crippen LogP contribution in [0.4, 0.5) is 0 Å². The summed E-state index contributed by atoms with van der Waals surface area (Å²) < 4.78 is 24.4. The molecule has 4 aromatic rings. The first-order valence-electron chi connectivity index (χ1n) is 14.9. The van der Waals surface area contributed by atoms with Crippen molar-refractivity contribution in [3.8, 4) is 11.5 Å². The van der Waals surface area contributed by atoms with Gasteiger partial charge in [0.2, 0.25) is 0 Å². The molecule has 0 bridgehead atoms. The van der Waals surface area contributed by atoms with E-state index < -0.39 is 28.1 Å². The summed E-state index contributed by atoms with van der Waals surface area (Å²) in [7, 11) is -4.39. The van der Waals surface area contributed by atoms with E-state index in [9.17, 15) is 9.79 Å². The van der Waals surface area contributed by atoms with Crippen LogP contribution in [-0.2, 0) is 14.5 Å². The lowest BCUT2D eigenvalue weighted by atomic mass is 9.53. The van der Waals surface area contributed by atoms with Crippen LogP contribution in [0.15, 0.2) is 119 Å². The van der Waals surface area contributed by atoms with Crippen molar-refractivity contribution in [2.45, 2.75) is 45.7 Å². The fourth-order valence-corrected chi connectivity index (χ4v) is 9.77. The summed E-state index contributed by atoms with van der Waals surface area (Å²) in [6.45, 7) is 2.36. The Morgan fingerprint density at radius 2 is 1.24 bits per heavy atom. The number of hydrogen-bond donors (Lipinski definition) is 6. The molecular formula is C34H38O6P2S4. The van der Waals surface area contributed by atoms with Crippen LogP contribution in [0.5, 0.6) is 11.5 Å². The van der Waals surface area contributed by atoms with Crippen LogP contribution in [0.2, 0.25) is 0 Å². The topological polar surface area (TPSA) is 77.4 Å². The third kappa shape index (κ3) is 8.23. The van der Waals surface area contributed by atoms with Crippen LogP contribution >= 0.6 is 67.7 Å². The summed E-state index contributed by atoms with van der Waals surface area (Å²) in [5, 5.41) is -0.286. The van der Waals surface area contributed by atoms with E-state index >= 15 is 0 Å². The highest BCUT2D eigenvalue weighted by Gasteiger charge is 2.56. The van der Waals surface area contributed by atoms with E-state index in [1.807, 2.05) is 104 Å². The van der Waals surface area contributed by atoms with Crippen molar-refractivity contribution in [3.05, 3.63) is 120 Å². The van der Waals surface area contributed by atoms with Gasteiger partial charge < -0.3 is 18.8 Å². The Morgan fingerprint density at radius 3 is 1.72 bits per heavy atom. The summed E-state index contributed by atoms with van der Waals surface area (Å²) in [5.74, 6) is 0.959. The van der Waals surface area contributed by atoms with Crippen molar-refractivity contribution in [1.29, 1.82) is 0 Å². The molecule has 244 valence electrons. The SMILES string of the molecule is CC(C(S)OP(O)O)C1CCC(COP(Oc2ccccc2)Oc2ccccc2)C(S)C1(c1ccccc1S)c1ccccc1S. The van der Waals surface area contributed by atoms with Crippen LogP contribution < -0.4 is 9.05 Å². The van der Waals surface area contributed by atoms with Gasteiger partial charge in [0.25, 0.3) is 0 Å². The molecule has 0 radical (unpaired) electrons. The average Bonchev–Trinajstić information content (AvgIpc) is 3.05. The lowest BCUT2D eigenvalue weighted by Gasteiger charge is -2.55. The molecule has 0 heterocycles. The van der Waals surface area contributed by atoms with Crippen molar-refractivity contribution in [3.63, 3.8) is 0 Å². The van der Waals surface area contributed by atoms with Crippen LogP contribution in [-0.4, -0.2) is 27.1 Å². The number of benzene rings is 4. The van der Waals surface area contributed by atoms with Gasteiger partial charge in [0.1, 0.15) is 16.9 Å². The highest BCUT2D eigenvalue weighted by Crippen LogP contribution is 2.59. The zero-order chi connectivity index (χ0) is 32.7. The lowest BCUT2D eigenvalue weighted by Crippen LogP contribution is -2.55. The van der Waals surface area contributed by atoms with E-state index in [0.717, 1.165) is 33.8 Å². The zero-order valence-corrected chi connectivity index (χ0v) is 30.5. The van der Waals surface area contributed by atoms with Gasteiger partial charge in [-0.05, 0) is 78.1 Å². The Morgan fingerprint density at radius 1 is 0.761 bits per heavy atom. The molecule has 0 amide bonds. The molecule has 6 nitrogen and oxygen atoms in total. The molecule has 5 atom stereocenters. The molecular weight excluding hydrogens is 695 g/mol. The second-order valence-corrected chi connectivity index (χ2v) is 15.0. The largest absolute Gasteiger partial charge is 0.463 e. The predicted molar refractivity (Wildman–Crippen MR) is 199 cm³/mol. The van der Waals surface area contributed by atoms with E-state index in [1.54, 1.807) is 0 Å². The Balaban J connectivity index is 1.54. The summed E-state index contributed by atoms with van der Waals surface area (Å²) in [6.07, 6.45) is 1.53. The average molecular weight is 733 g/mol. The summed E-state index contributed by atoms with van der Waals surface area (Å²) in [5.41, 5.74) is 0.540. The molecule has 0 spiro atoms. The number of hydrogen-bond acceptors (Lipinski definition) is 10. The maximum atomic E-state index is 9.72. The van der Waals surface area contributed by atoms with Gasteiger partial charge in [0.15, 0.2) is 0 Å². The Bertz CT molecular complexity index is 1450. The van der Waals surface area contributed by atoms with Gasteiger partial charge in [-0.3, -0.25) is 9.05 Å². The monoisotopic (exact) mass is 732 g/mol. The first kappa shape index (κ1) is 35.9.